The number of ether oxygens (including phenoxy) is 1. The summed E-state index contributed by atoms with van der Waals surface area (Å²) in [5.74, 6) is 1.74. The predicted molar refractivity (Wildman–Crippen MR) is 86.0 cm³/mol. The number of nitrogens with one attached hydrogen (secondary N) is 1. The molecule has 1 aliphatic heterocycles. The van der Waals surface area contributed by atoms with Gasteiger partial charge >= 0.3 is 0 Å². The van der Waals surface area contributed by atoms with Gasteiger partial charge in [0.15, 0.2) is 0 Å². The van der Waals surface area contributed by atoms with Gasteiger partial charge in [-0.25, -0.2) is 0 Å². The first kappa shape index (κ1) is 16.3. The lowest BCUT2D eigenvalue weighted by molar-refractivity contribution is 0.0728. The summed E-state index contributed by atoms with van der Waals surface area (Å²) in [5.41, 5.74) is 0.465. The van der Waals surface area contributed by atoms with Crippen molar-refractivity contribution in [2.75, 3.05) is 13.7 Å². The molecule has 4 unspecified atom stereocenters. The largest absolute Gasteiger partial charge is 0.378 e. The summed E-state index contributed by atoms with van der Waals surface area (Å²) in [4.78, 5) is 0. The van der Waals surface area contributed by atoms with Gasteiger partial charge in [0.1, 0.15) is 0 Å². The average Bonchev–Trinajstić information content (AvgIpc) is 2.91. The molecule has 1 aliphatic carbocycles. The second-order valence-corrected chi connectivity index (χ2v) is 7.94. The van der Waals surface area contributed by atoms with Gasteiger partial charge in [0.05, 0.1) is 6.10 Å². The van der Waals surface area contributed by atoms with Crippen LogP contribution in [0.25, 0.3) is 0 Å². The highest BCUT2D eigenvalue weighted by atomic mass is 16.5. The molecule has 0 aromatic heterocycles. The van der Waals surface area contributed by atoms with E-state index in [2.05, 4.69) is 33.1 Å². The molecule has 4 atom stereocenters. The minimum atomic E-state index is 0.465. The number of hydrogen-bond acceptors (Lipinski definition) is 2. The Balaban J connectivity index is 1.81. The van der Waals surface area contributed by atoms with Crippen molar-refractivity contribution >= 4 is 0 Å². The summed E-state index contributed by atoms with van der Waals surface area (Å²) in [6, 6.07) is 0.719. The molecule has 2 aliphatic rings. The van der Waals surface area contributed by atoms with Crippen molar-refractivity contribution < 1.29 is 4.74 Å². The minimum Gasteiger partial charge on any atom is -0.378 e. The lowest BCUT2D eigenvalue weighted by Gasteiger charge is -2.44. The van der Waals surface area contributed by atoms with E-state index in [4.69, 9.17) is 4.74 Å². The molecule has 0 radical (unpaired) electrons. The Morgan fingerprint density at radius 3 is 2.65 bits per heavy atom. The van der Waals surface area contributed by atoms with Crippen LogP contribution in [0.5, 0.6) is 0 Å². The molecule has 20 heavy (non-hydrogen) atoms. The van der Waals surface area contributed by atoms with Crippen molar-refractivity contribution in [3.63, 3.8) is 0 Å². The van der Waals surface area contributed by atoms with E-state index in [-0.39, 0.29) is 0 Å². The van der Waals surface area contributed by atoms with Crippen LogP contribution >= 0.6 is 0 Å². The van der Waals surface area contributed by atoms with Gasteiger partial charge in [0.25, 0.3) is 0 Å². The third-order valence-electron chi connectivity index (χ3n) is 5.86. The molecule has 0 spiro atoms. The lowest BCUT2D eigenvalue weighted by Crippen LogP contribution is -2.45. The molecule has 2 rings (SSSR count). The Bertz CT molecular complexity index is 283. The van der Waals surface area contributed by atoms with Gasteiger partial charge in [-0.1, -0.05) is 33.6 Å². The highest BCUT2D eigenvalue weighted by molar-refractivity contribution is 4.91. The zero-order valence-electron chi connectivity index (χ0n) is 14.1. The van der Waals surface area contributed by atoms with Gasteiger partial charge in [-0.3, -0.25) is 0 Å². The Hall–Kier alpha value is -0.0800. The molecule has 0 aromatic rings. The molecule has 0 aromatic carbocycles. The van der Waals surface area contributed by atoms with Crippen molar-refractivity contribution in [3.05, 3.63) is 0 Å². The Morgan fingerprint density at radius 2 is 2.00 bits per heavy atom. The van der Waals surface area contributed by atoms with Crippen molar-refractivity contribution in [3.8, 4) is 0 Å². The topological polar surface area (TPSA) is 21.3 Å². The number of hydrogen-bond donors (Lipinski definition) is 1. The molecular weight excluding hydrogens is 246 g/mol. The van der Waals surface area contributed by atoms with Crippen LogP contribution in [0.2, 0.25) is 0 Å². The van der Waals surface area contributed by atoms with Gasteiger partial charge in [-0.2, -0.15) is 0 Å². The van der Waals surface area contributed by atoms with Gasteiger partial charge in [0, 0.05) is 12.6 Å². The van der Waals surface area contributed by atoms with Crippen LogP contribution in [0.4, 0.5) is 0 Å². The fourth-order valence-corrected chi connectivity index (χ4v) is 4.48. The van der Waals surface area contributed by atoms with Crippen molar-refractivity contribution in [1.29, 1.82) is 0 Å². The summed E-state index contributed by atoms with van der Waals surface area (Å²) >= 11 is 0. The molecule has 118 valence electrons. The molecule has 2 heteroatoms. The molecule has 1 saturated carbocycles. The van der Waals surface area contributed by atoms with Crippen LogP contribution in [0.3, 0.4) is 0 Å². The van der Waals surface area contributed by atoms with Crippen LogP contribution in [0.15, 0.2) is 0 Å². The quantitative estimate of drug-likeness (QED) is 0.780. The van der Waals surface area contributed by atoms with Crippen LogP contribution in [-0.4, -0.2) is 25.8 Å². The van der Waals surface area contributed by atoms with Gasteiger partial charge in [0.2, 0.25) is 0 Å². The summed E-state index contributed by atoms with van der Waals surface area (Å²) in [7, 11) is 2.15. The highest BCUT2D eigenvalue weighted by Crippen LogP contribution is 2.43. The molecular formula is C18H35NO. The maximum absolute atomic E-state index is 5.76. The molecule has 1 N–H and O–H groups in total. The molecule has 1 saturated heterocycles. The lowest BCUT2D eigenvalue weighted by atomic mass is 9.64. The second kappa shape index (κ2) is 7.26. The van der Waals surface area contributed by atoms with E-state index in [0.717, 1.165) is 24.5 Å². The zero-order chi connectivity index (χ0) is 14.6. The SMILES string of the molecule is CNC1CC(C)CCC1C(C)(C)CCCC1CCCO1. The first-order valence-electron chi connectivity index (χ1n) is 8.82. The van der Waals surface area contributed by atoms with E-state index in [1.54, 1.807) is 0 Å². The van der Waals surface area contributed by atoms with Crippen molar-refractivity contribution in [2.24, 2.45) is 17.3 Å². The summed E-state index contributed by atoms with van der Waals surface area (Å²) in [6.07, 6.45) is 11.3. The van der Waals surface area contributed by atoms with Crippen LogP contribution in [0, 0.1) is 17.3 Å². The zero-order valence-corrected chi connectivity index (χ0v) is 14.1. The minimum absolute atomic E-state index is 0.465. The Kier molecular flexibility index (Phi) is 5.92. The van der Waals surface area contributed by atoms with E-state index >= 15 is 0 Å². The first-order valence-corrected chi connectivity index (χ1v) is 8.82. The van der Waals surface area contributed by atoms with E-state index in [9.17, 15) is 0 Å². The third kappa shape index (κ3) is 4.21. The monoisotopic (exact) mass is 281 g/mol. The van der Waals surface area contributed by atoms with E-state index < -0.39 is 0 Å². The van der Waals surface area contributed by atoms with Crippen LogP contribution in [0.1, 0.15) is 72.1 Å². The third-order valence-corrected chi connectivity index (χ3v) is 5.86. The fourth-order valence-electron chi connectivity index (χ4n) is 4.48. The molecule has 2 fully saturated rings. The number of rotatable bonds is 6. The Labute approximate surface area is 126 Å². The van der Waals surface area contributed by atoms with Gasteiger partial charge in [-0.15, -0.1) is 0 Å². The predicted octanol–water partition coefficient (Wildman–Crippen LogP) is 4.39. The van der Waals surface area contributed by atoms with Crippen LogP contribution in [-0.2, 0) is 4.74 Å². The maximum atomic E-state index is 5.76. The summed E-state index contributed by atoms with van der Waals surface area (Å²) in [6.45, 7) is 8.39. The van der Waals surface area contributed by atoms with Crippen molar-refractivity contribution in [2.45, 2.75) is 84.3 Å². The normalized spacial score (nSPS) is 35.4. The van der Waals surface area contributed by atoms with Crippen LogP contribution < -0.4 is 5.32 Å². The van der Waals surface area contributed by atoms with Gasteiger partial charge < -0.3 is 10.1 Å². The second-order valence-electron chi connectivity index (χ2n) is 7.94. The first-order chi connectivity index (χ1) is 9.53. The smallest absolute Gasteiger partial charge is 0.0576 e. The molecule has 0 amide bonds. The van der Waals surface area contributed by atoms with Crippen molar-refractivity contribution in [1.82, 2.24) is 5.32 Å². The molecule has 2 nitrogen and oxygen atoms in total. The van der Waals surface area contributed by atoms with E-state index in [1.165, 1.54) is 51.4 Å². The highest BCUT2D eigenvalue weighted by Gasteiger charge is 2.37. The van der Waals surface area contributed by atoms with E-state index in [1.807, 2.05) is 0 Å². The fraction of sp³-hybridized carbons (Fsp3) is 1.00. The average molecular weight is 281 g/mol. The standard InChI is InChI=1S/C18H35NO/c1-14-9-10-16(17(13-14)19-4)18(2,3)11-5-7-15-8-6-12-20-15/h14-17,19H,5-13H2,1-4H3. The van der Waals surface area contributed by atoms with Gasteiger partial charge in [-0.05, 0) is 62.8 Å². The molecule has 1 heterocycles. The summed E-state index contributed by atoms with van der Waals surface area (Å²) < 4.78 is 5.76. The Morgan fingerprint density at radius 1 is 1.20 bits per heavy atom. The molecule has 0 bridgehead atoms. The summed E-state index contributed by atoms with van der Waals surface area (Å²) in [5, 5.41) is 3.60. The maximum Gasteiger partial charge on any atom is 0.0576 e. The van der Waals surface area contributed by atoms with E-state index in [0.29, 0.717) is 11.5 Å².